The van der Waals surface area contributed by atoms with E-state index in [4.69, 9.17) is 16.3 Å². The van der Waals surface area contributed by atoms with Crippen molar-refractivity contribution in [3.63, 3.8) is 0 Å². The van der Waals surface area contributed by atoms with Gasteiger partial charge >= 0.3 is 6.18 Å². The lowest BCUT2D eigenvalue weighted by Crippen LogP contribution is -2.19. The van der Waals surface area contributed by atoms with Gasteiger partial charge in [-0.05, 0) is 66.4 Å². The van der Waals surface area contributed by atoms with Gasteiger partial charge in [0.05, 0.1) is 29.1 Å². The molecular formula is C24H18ClF3N4O4S. The normalized spacial score (nSPS) is 17.5. The van der Waals surface area contributed by atoms with Crippen LogP contribution in [-0.4, -0.2) is 36.5 Å². The van der Waals surface area contributed by atoms with Crippen LogP contribution in [0.15, 0.2) is 70.5 Å². The minimum Gasteiger partial charge on any atom is -0.495 e. The Morgan fingerprint density at radius 1 is 1.14 bits per heavy atom. The van der Waals surface area contributed by atoms with Gasteiger partial charge in [-0.25, -0.2) is 8.42 Å². The lowest BCUT2D eigenvalue weighted by molar-refractivity contribution is -0.148. The quantitative estimate of drug-likeness (QED) is 0.366. The standard InChI is InChI=1S/C24H18ClF3N4O4S/c1-36-21-11-16(15-10-17(15)24(26,27)28)18(25)12-20(21)32-19-6-5-14(9-13(19)4-7-23(32)33)37(34,35)31-22-3-2-8-29-30-22/h2-9,11-12,15,17H,10H2,1H3,(H,30,31)/t15-,17+/m0/s1. The zero-order chi connectivity index (χ0) is 26.5. The summed E-state index contributed by atoms with van der Waals surface area (Å²) < 4.78 is 74.1. The van der Waals surface area contributed by atoms with Gasteiger partial charge < -0.3 is 4.74 Å². The van der Waals surface area contributed by atoms with Crippen molar-refractivity contribution in [2.24, 2.45) is 5.92 Å². The summed E-state index contributed by atoms with van der Waals surface area (Å²) in [6.45, 7) is 0. The molecule has 1 aliphatic rings. The summed E-state index contributed by atoms with van der Waals surface area (Å²) in [6.07, 6.45) is -2.99. The van der Waals surface area contributed by atoms with Gasteiger partial charge in [-0.2, -0.15) is 18.3 Å². The number of nitrogens with one attached hydrogen (secondary N) is 1. The number of fused-ring (bicyclic) bond motifs is 1. The van der Waals surface area contributed by atoms with Crippen molar-refractivity contribution in [2.75, 3.05) is 11.8 Å². The van der Waals surface area contributed by atoms with Gasteiger partial charge in [-0.3, -0.25) is 14.1 Å². The van der Waals surface area contributed by atoms with Crippen molar-refractivity contribution in [3.8, 4) is 11.4 Å². The molecule has 0 aliphatic heterocycles. The number of hydrogen-bond acceptors (Lipinski definition) is 6. The number of hydrogen-bond donors (Lipinski definition) is 1. The molecule has 1 aliphatic carbocycles. The van der Waals surface area contributed by atoms with Gasteiger partial charge in [-0.1, -0.05) is 11.6 Å². The molecule has 1 saturated carbocycles. The largest absolute Gasteiger partial charge is 0.495 e. The summed E-state index contributed by atoms with van der Waals surface area (Å²) in [5, 5.41) is 7.82. The highest BCUT2D eigenvalue weighted by Gasteiger charge is 2.56. The summed E-state index contributed by atoms with van der Waals surface area (Å²) in [5.74, 6) is -2.07. The number of rotatable bonds is 6. The lowest BCUT2D eigenvalue weighted by Gasteiger charge is -2.17. The monoisotopic (exact) mass is 550 g/mol. The first-order valence-electron chi connectivity index (χ1n) is 10.9. The Morgan fingerprint density at radius 3 is 2.57 bits per heavy atom. The second kappa shape index (κ2) is 9.03. The van der Waals surface area contributed by atoms with Gasteiger partial charge in [-0.15, -0.1) is 5.10 Å². The number of methoxy groups -OCH3 is 1. The summed E-state index contributed by atoms with van der Waals surface area (Å²) in [7, 11) is -2.68. The maximum Gasteiger partial charge on any atom is 0.392 e. The summed E-state index contributed by atoms with van der Waals surface area (Å²) in [5.41, 5.74) is 0.376. The molecular weight excluding hydrogens is 533 g/mol. The van der Waals surface area contributed by atoms with Crippen molar-refractivity contribution in [3.05, 3.63) is 81.7 Å². The molecule has 4 aromatic rings. The fraction of sp³-hybridized carbons (Fsp3) is 0.208. The van der Waals surface area contributed by atoms with Crippen molar-refractivity contribution in [1.82, 2.24) is 14.8 Å². The molecule has 1 N–H and O–H groups in total. The first-order valence-corrected chi connectivity index (χ1v) is 12.8. The predicted octanol–water partition coefficient (Wildman–Crippen LogP) is 4.91. The highest BCUT2D eigenvalue weighted by atomic mass is 35.5. The lowest BCUT2D eigenvalue weighted by atomic mass is 10.1. The summed E-state index contributed by atoms with van der Waals surface area (Å²) in [6, 6.07) is 12.6. The molecule has 8 nitrogen and oxygen atoms in total. The van der Waals surface area contributed by atoms with E-state index >= 15 is 0 Å². The van der Waals surface area contributed by atoms with E-state index in [-0.39, 0.29) is 33.6 Å². The van der Waals surface area contributed by atoms with Crippen LogP contribution in [0.5, 0.6) is 5.75 Å². The van der Waals surface area contributed by atoms with E-state index in [1.807, 2.05) is 0 Å². The van der Waals surface area contributed by atoms with Crippen molar-refractivity contribution >= 4 is 38.3 Å². The van der Waals surface area contributed by atoms with Crippen molar-refractivity contribution < 1.29 is 26.3 Å². The molecule has 0 amide bonds. The van der Waals surface area contributed by atoms with Gasteiger partial charge in [0, 0.05) is 22.7 Å². The highest BCUT2D eigenvalue weighted by Crippen LogP contribution is 2.58. The second-order valence-electron chi connectivity index (χ2n) is 8.48. The molecule has 0 saturated heterocycles. The zero-order valence-corrected chi connectivity index (χ0v) is 20.6. The van der Waals surface area contributed by atoms with Gasteiger partial charge in [0.25, 0.3) is 15.6 Å². The molecule has 5 rings (SSSR count). The van der Waals surface area contributed by atoms with Gasteiger partial charge in [0.15, 0.2) is 5.82 Å². The predicted molar refractivity (Wildman–Crippen MR) is 131 cm³/mol. The number of pyridine rings is 1. The van der Waals surface area contributed by atoms with Gasteiger partial charge in [0.1, 0.15) is 5.75 Å². The Balaban J connectivity index is 1.58. The Kier molecular flexibility index (Phi) is 6.11. The average molecular weight is 551 g/mol. The Morgan fingerprint density at radius 2 is 1.92 bits per heavy atom. The molecule has 2 aromatic heterocycles. The van der Waals surface area contributed by atoms with Crippen LogP contribution in [0.2, 0.25) is 5.02 Å². The van der Waals surface area contributed by atoms with E-state index in [2.05, 4.69) is 14.9 Å². The van der Waals surface area contributed by atoms with Gasteiger partial charge in [0.2, 0.25) is 0 Å². The Labute approximate surface area is 213 Å². The van der Waals surface area contributed by atoms with Crippen LogP contribution >= 0.6 is 11.6 Å². The maximum atomic E-state index is 13.1. The third kappa shape index (κ3) is 4.74. The molecule has 2 heterocycles. The SMILES string of the molecule is COc1cc([C@@H]2C[C@H]2C(F)(F)F)c(Cl)cc1-n1c(=O)ccc2cc(S(=O)(=O)Nc3cccnn3)ccc21. The molecule has 2 atom stereocenters. The number of alkyl halides is 3. The Bertz CT molecular complexity index is 1680. The minimum atomic E-state index is -4.33. The zero-order valence-electron chi connectivity index (χ0n) is 19.0. The fourth-order valence-electron chi connectivity index (χ4n) is 4.27. The van der Waals surface area contributed by atoms with E-state index in [1.165, 1.54) is 72.5 Å². The molecule has 13 heteroatoms. The van der Waals surface area contributed by atoms with Crippen LogP contribution in [0, 0.1) is 5.92 Å². The van der Waals surface area contributed by atoms with E-state index in [9.17, 15) is 26.4 Å². The molecule has 0 spiro atoms. The minimum absolute atomic E-state index is 0.0375. The molecule has 0 bridgehead atoms. The van der Waals surface area contributed by atoms with Crippen molar-refractivity contribution in [2.45, 2.75) is 23.4 Å². The second-order valence-corrected chi connectivity index (χ2v) is 10.6. The third-order valence-electron chi connectivity index (χ3n) is 6.14. The van der Waals surface area contributed by atoms with E-state index in [0.29, 0.717) is 16.5 Å². The third-order valence-corrected chi connectivity index (χ3v) is 7.82. The van der Waals surface area contributed by atoms with Crippen LogP contribution in [-0.2, 0) is 10.0 Å². The number of nitrogens with zero attached hydrogens (tertiary/aromatic N) is 3. The number of ether oxygens (including phenoxy) is 1. The number of sulfonamides is 1. The number of benzene rings is 2. The highest BCUT2D eigenvalue weighted by molar-refractivity contribution is 7.92. The number of halogens is 4. The van der Waals surface area contributed by atoms with Crippen LogP contribution in [0.4, 0.5) is 19.0 Å². The molecule has 37 heavy (non-hydrogen) atoms. The summed E-state index contributed by atoms with van der Waals surface area (Å²) in [4.78, 5) is 12.8. The number of aromatic nitrogens is 3. The van der Waals surface area contributed by atoms with Crippen LogP contribution in [0.3, 0.4) is 0 Å². The molecule has 0 unspecified atom stereocenters. The molecule has 2 aromatic carbocycles. The molecule has 192 valence electrons. The van der Waals surface area contributed by atoms with E-state index in [0.717, 1.165) is 0 Å². The fourth-order valence-corrected chi connectivity index (χ4v) is 5.60. The Hall–Kier alpha value is -3.64. The molecule has 1 fully saturated rings. The molecule has 0 radical (unpaired) electrons. The summed E-state index contributed by atoms with van der Waals surface area (Å²) >= 11 is 6.39. The van der Waals surface area contributed by atoms with E-state index in [1.54, 1.807) is 0 Å². The van der Waals surface area contributed by atoms with Crippen LogP contribution < -0.4 is 15.0 Å². The first-order chi connectivity index (χ1) is 17.5. The smallest absolute Gasteiger partial charge is 0.392 e. The average Bonchev–Trinajstić information content (AvgIpc) is 3.65. The van der Waals surface area contributed by atoms with Crippen LogP contribution in [0.1, 0.15) is 17.9 Å². The number of anilines is 1. The van der Waals surface area contributed by atoms with Crippen LogP contribution in [0.25, 0.3) is 16.6 Å². The van der Waals surface area contributed by atoms with E-state index < -0.39 is 33.6 Å². The first kappa shape index (κ1) is 25.0. The topological polar surface area (TPSA) is 103 Å². The maximum absolute atomic E-state index is 13.1. The van der Waals surface area contributed by atoms with Crippen molar-refractivity contribution in [1.29, 1.82) is 0 Å².